The maximum absolute atomic E-state index is 4.19. The normalized spacial score (nSPS) is 17.1. The van der Waals surface area contributed by atoms with E-state index in [9.17, 15) is 0 Å². The van der Waals surface area contributed by atoms with Crippen LogP contribution in [0.5, 0.6) is 0 Å². The second-order valence-corrected chi connectivity index (χ2v) is 10.3. The van der Waals surface area contributed by atoms with E-state index in [0.29, 0.717) is 0 Å². The van der Waals surface area contributed by atoms with E-state index in [1.54, 1.807) is 0 Å². The van der Waals surface area contributed by atoms with Gasteiger partial charge in [-0.3, -0.25) is 0 Å². The van der Waals surface area contributed by atoms with Crippen LogP contribution in [0.4, 0.5) is 0 Å². The van der Waals surface area contributed by atoms with Crippen molar-refractivity contribution >= 4 is 16.7 Å². The lowest BCUT2D eigenvalue weighted by atomic mass is 9.94. The Bertz CT molecular complexity index is 1770. The van der Waals surface area contributed by atoms with E-state index in [2.05, 4.69) is 139 Å². The highest BCUT2D eigenvalue weighted by molar-refractivity contribution is 6.07. The Kier molecular flexibility index (Phi) is 5.49. The van der Waals surface area contributed by atoms with Gasteiger partial charge in [-0.1, -0.05) is 73.9 Å². The molecule has 0 radical (unpaired) electrons. The van der Waals surface area contributed by atoms with Gasteiger partial charge in [0.2, 0.25) is 11.4 Å². The number of hydrogen-bond donors (Lipinski definition) is 0. The molecule has 2 aromatic carbocycles. The van der Waals surface area contributed by atoms with Gasteiger partial charge in [-0.25, -0.2) is 0 Å². The number of hydrogen-bond acceptors (Lipinski definition) is 0. The van der Waals surface area contributed by atoms with Gasteiger partial charge in [-0.2, -0.15) is 0 Å². The van der Waals surface area contributed by atoms with Crippen molar-refractivity contribution in [1.29, 1.82) is 0 Å². The van der Waals surface area contributed by atoms with Gasteiger partial charge in [0.05, 0.1) is 11.1 Å². The van der Waals surface area contributed by atoms with E-state index in [-0.39, 0.29) is 6.17 Å². The zero-order valence-corrected chi connectivity index (χ0v) is 22.1. The molecule has 3 aliphatic rings. The summed E-state index contributed by atoms with van der Waals surface area (Å²) < 4.78 is 4.78. The van der Waals surface area contributed by atoms with Crippen LogP contribution >= 0.6 is 0 Å². The van der Waals surface area contributed by atoms with E-state index >= 15 is 0 Å². The average molecular weight is 503 g/mol. The van der Waals surface area contributed by atoms with Gasteiger partial charge < -0.3 is 0 Å². The minimum Gasteiger partial charge on any atom is -0.132 e. The topological polar surface area (TPSA) is 7.76 Å². The summed E-state index contributed by atoms with van der Waals surface area (Å²) in [5.41, 5.74) is 14.9. The van der Waals surface area contributed by atoms with Crippen LogP contribution in [0.25, 0.3) is 28.0 Å². The summed E-state index contributed by atoms with van der Waals surface area (Å²) >= 11 is 0. The van der Waals surface area contributed by atoms with Crippen molar-refractivity contribution in [2.45, 2.75) is 19.5 Å². The molecule has 1 atom stereocenters. The molecular formula is C37H30N2+2. The molecule has 1 unspecified atom stereocenters. The Morgan fingerprint density at radius 3 is 2.38 bits per heavy atom. The summed E-state index contributed by atoms with van der Waals surface area (Å²) in [6, 6.07) is 28.4. The quantitative estimate of drug-likeness (QED) is 0.173. The first-order chi connectivity index (χ1) is 19.2. The molecule has 0 amide bonds. The fraction of sp³-hybridized carbons (Fsp3) is 0.0811. The monoisotopic (exact) mass is 502 g/mol. The number of benzene rings is 2. The second-order valence-electron chi connectivity index (χ2n) is 10.3. The molecule has 2 heteroatoms. The Morgan fingerprint density at radius 2 is 1.56 bits per heavy atom. The standard InChI is InChI=1S/C37H30N2/c1-4-26(5-2)33(24-34-29-14-7-6-13-27(29)28-17-12-18-30(28)34)36-23-25(3)20-22-39(36)37-32-16-9-8-15-31(32)35-19-10-11-21-38(35)37/h4-17,19-24,37H,1-2,18H2,3H3/q+2/b34-24-. The van der Waals surface area contributed by atoms with Gasteiger partial charge in [0, 0.05) is 24.3 Å². The van der Waals surface area contributed by atoms with E-state index in [1.165, 1.54) is 50.2 Å². The summed E-state index contributed by atoms with van der Waals surface area (Å²) in [6.45, 7) is 10.5. The molecule has 0 bridgehead atoms. The minimum atomic E-state index is -0.00364. The van der Waals surface area contributed by atoms with Crippen LogP contribution in [0.3, 0.4) is 0 Å². The van der Waals surface area contributed by atoms with Crippen molar-refractivity contribution in [3.05, 3.63) is 174 Å². The van der Waals surface area contributed by atoms with Crippen LogP contribution in [0.2, 0.25) is 0 Å². The Hall–Kier alpha value is -4.82. The van der Waals surface area contributed by atoms with Gasteiger partial charge in [-0.05, 0) is 76.6 Å². The number of nitrogens with zero attached hydrogens (tertiary/aromatic N) is 2. The third kappa shape index (κ3) is 3.56. The minimum absolute atomic E-state index is 0.00364. The predicted octanol–water partition coefficient (Wildman–Crippen LogP) is 7.58. The molecule has 3 heterocycles. The van der Waals surface area contributed by atoms with Crippen LogP contribution < -0.4 is 9.13 Å². The molecule has 0 fully saturated rings. The van der Waals surface area contributed by atoms with Gasteiger partial charge in [-0.15, -0.1) is 9.13 Å². The Balaban J connectivity index is 1.50. The van der Waals surface area contributed by atoms with Crippen molar-refractivity contribution in [2.75, 3.05) is 0 Å². The summed E-state index contributed by atoms with van der Waals surface area (Å²) in [5.74, 6) is 0. The van der Waals surface area contributed by atoms with Crippen molar-refractivity contribution < 1.29 is 9.13 Å². The van der Waals surface area contributed by atoms with Crippen molar-refractivity contribution in [1.82, 2.24) is 0 Å². The van der Waals surface area contributed by atoms with E-state index in [4.69, 9.17) is 0 Å². The Labute approximate surface area is 230 Å². The maximum Gasteiger partial charge on any atom is 0.381 e. The number of aromatic nitrogens is 2. The number of aryl methyl sites for hydroxylation is 1. The Morgan fingerprint density at radius 1 is 0.821 bits per heavy atom. The molecule has 0 spiro atoms. The van der Waals surface area contributed by atoms with Crippen molar-refractivity contribution in [3.63, 3.8) is 0 Å². The molecule has 0 saturated heterocycles. The fourth-order valence-corrected chi connectivity index (χ4v) is 6.38. The third-order valence-corrected chi connectivity index (χ3v) is 8.15. The van der Waals surface area contributed by atoms with Crippen LogP contribution in [0.1, 0.15) is 40.5 Å². The lowest BCUT2D eigenvalue weighted by Crippen LogP contribution is -2.57. The molecular weight excluding hydrogens is 472 g/mol. The largest absolute Gasteiger partial charge is 0.381 e. The molecule has 186 valence electrons. The zero-order chi connectivity index (χ0) is 26.5. The van der Waals surface area contributed by atoms with Crippen LogP contribution in [0, 0.1) is 6.92 Å². The van der Waals surface area contributed by atoms with E-state index in [1.807, 2.05) is 12.2 Å². The second kappa shape index (κ2) is 9.18. The third-order valence-electron chi connectivity index (χ3n) is 8.15. The highest BCUT2D eigenvalue weighted by Crippen LogP contribution is 2.47. The predicted molar refractivity (Wildman–Crippen MR) is 159 cm³/mol. The van der Waals surface area contributed by atoms with Gasteiger partial charge in [0.1, 0.15) is 5.56 Å². The summed E-state index contributed by atoms with van der Waals surface area (Å²) in [5, 5.41) is 0. The van der Waals surface area contributed by atoms with Gasteiger partial charge >= 0.3 is 6.17 Å². The van der Waals surface area contributed by atoms with Gasteiger partial charge in [0.25, 0.3) is 0 Å². The van der Waals surface area contributed by atoms with Crippen LogP contribution in [-0.4, -0.2) is 0 Å². The number of allylic oxidation sites excluding steroid dienone is 10. The van der Waals surface area contributed by atoms with Crippen molar-refractivity contribution in [3.8, 4) is 11.3 Å². The highest BCUT2D eigenvalue weighted by atomic mass is 15.2. The first-order valence-corrected chi connectivity index (χ1v) is 13.5. The van der Waals surface area contributed by atoms with E-state index in [0.717, 1.165) is 23.3 Å². The first kappa shape index (κ1) is 23.3. The molecule has 1 aliphatic heterocycles. The zero-order valence-electron chi connectivity index (χ0n) is 22.1. The fourth-order valence-electron chi connectivity index (χ4n) is 6.38. The van der Waals surface area contributed by atoms with Crippen LogP contribution in [0.15, 0.2) is 146 Å². The lowest BCUT2D eigenvalue weighted by Gasteiger charge is -2.13. The first-order valence-electron chi connectivity index (χ1n) is 13.5. The van der Waals surface area contributed by atoms with Crippen LogP contribution in [-0.2, 0) is 0 Å². The van der Waals surface area contributed by atoms with Gasteiger partial charge in [0.15, 0.2) is 12.4 Å². The summed E-state index contributed by atoms with van der Waals surface area (Å²) in [7, 11) is 0. The summed E-state index contributed by atoms with van der Waals surface area (Å²) in [6.07, 6.45) is 16.1. The smallest absolute Gasteiger partial charge is 0.132 e. The molecule has 0 N–H and O–H groups in total. The van der Waals surface area contributed by atoms with E-state index < -0.39 is 0 Å². The summed E-state index contributed by atoms with van der Waals surface area (Å²) in [4.78, 5) is 0. The molecule has 2 nitrogen and oxygen atoms in total. The van der Waals surface area contributed by atoms with Crippen molar-refractivity contribution in [2.24, 2.45) is 0 Å². The molecule has 2 aliphatic carbocycles. The number of rotatable bonds is 5. The molecule has 39 heavy (non-hydrogen) atoms. The average Bonchev–Trinajstić information content (AvgIpc) is 3.66. The number of pyridine rings is 2. The molecule has 0 saturated carbocycles. The SMILES string of the molecule is C=CC(C=C)=C(/C=C1\C2=C(C=CC2)c2ccccc21)c1cc(C)cc[n+]1C1c2ccccc2-c2cccc[n+]21. The highest BCUT2D eigenvalue weighted by Gasteiger charge is 2.44. The number of fused-ring (bicyclic) bond motifs is 5. The molecule has 4 aromatic rings. The molecule has 2 aromatic heterocycles. The molecule has 7 rings (SSSR count). The lowest BCUT2D eigenvalue weighted by molar-refractivity contribution is -0.926. The maximum atomic E-state index is 4.19.